The fourth-order valence-electron chi connectivity index (χ4n) is 5.09. The zero-order valence-electron chi connectivity index (χ0n) is 20.3. The summed E-state index contributed by atoms with van der Waals surface area (Å²) >= 11 is 0. The molecule has 2 aromatic rings. The van der Waals surface area contributed by atoms with Gasteiger partial charge in [0, 0.05) is 49.6 Å². The van der Waals surface area contributed by atoms with Crippen LogP contribution in [0.25, 0.3) is 11.1 Å². The second-order valence-corrected chi connectivity index (χ2v) is 11.8. The molecule has 4 rings (SSSR count). The molecule has 1 aromatic carbocycles. The zero-order valence-corrected chi connectivity index (χ0v) is 21.1. The third kappa shape index (κ3) is 5.43. The Labute approximate surface area is 203 Å². The molecule has 2 aliphatic rings. The third-order valence-corrected chi connectivity index (χ3v) is 9.12. The number of aliphatic hydroxyl groups excluding tert-OH is 1. The fourth-order valence-corrected chi connectivity index (χ4v) is 6.91. The first-order chi connectivity index (χ1) is 16.3. The number of aromatic nitrogens is 2. The zero-order chi connectivity index (χ0) is 24.3. The van der Waals surface area contributed by atoms with Gasteiger partial charge in [-0.05, 0) is 50.4 Å². The van der Waals surface area contributed by atoms with Crippen molar-refractivity contribution in [3.63, 3.8) is 0 Å². The maximum absolute atomic E-state index is 13.6. The molecule has 34 heavy (non-hydrogen) atoms. The van der Waals surface area contributed by atoms with Crippen LogP contribution in [0.15, 0.2) is 41.8 Å². The Bertz CT molecular complexity index is 1060. The minimum atomic E-state index is -3.85. The lowest BCUT2D eigenvalue weighted by Crippen LogP contribution is -2.49. The van der Waals surface area contributed by atoms with Crippen molar-refractivity contribution in [2.75, 3.05) is 33.3 Å². The highest BCUT2D eigenvalue weighted by Crippen LogP contribution is 2.36. The molecule has 1 N–H and O–H groups in total. The van der Waals surface area contributed by atoms with E-state index in [2.05, 4.69) is 21.9 Å². The summed E-state index contributed by atoms with van der Waals surface area (Å²) in [5.74, 6) is 0.992. The summed E-state index contributed by atoms with van der Waals surface area (Å²) in [6, 6.07) is 4.60. The Balaban J connectivity index is 1.70. The molecule has 1 fully saturated rings. The maximum atomic E-state index is 13.6. The molecule has 186 valence electrons. The van der Waals surface area contributed by atoms with E-state index in [1.165, 1.54) is 36.3 Å². The van der Waals surface area contributed by atoms with Crippen LogP contribution >= 0.6 is 0 Å². The van der Waals surface area contributed by atoms with E-state index in [1.54, 1.807) is 37.5 Å². The molecule has 1 saturated carbocycles. The van der Waals surface area contributed by atoms with E-state index in [-0.39, 0.29) is 23.5 Å². The number of hydrogen-bond donors (Lipinski definition) is 1. The molecule has 0 saturated heterocycles. The molecule has 1 aliphatic heterocycles. The Kier molecular flexibility index (Phi) is 7.87. The molecule has 0 bridgehead atoms. The molecule has 8 nitrogen and oxygen atoms in total. The summed E-state index contributed by atoms with van der Waals surface area (Å²) in [6.07, 6.45) is 9.82. The molecule has 3 atom stereocenters. The highest BCUT2D eigenvalue weighted by molar-refractivity contribution is 7.89. The Morgan fingerprint density at radius 2 is 1.88 bits per heavy atom. The van der Waals surface area contributed by atoms with E-state index >= 15 is 0 Å². The predicted molar refractivity (Wildman–Crippen MR) is 131 cm³/mol. The molecule has 0 unspecified atom stereocenters. The summed E-state index contributed by atoms with van der Waals surface area (Å²) in [5, 5.41) is 9.82. The SMILES string of the molecule is C[C@@H]1CN([C@H](C)CO)S(=O)(=O)c2ccc(-c3cncnc3)cc2O[C@@H]1CN(C)CC1CCCC1. The second-order valence-electron chi connectivity index (χ2n) is 9.90. The van der Waals surface area contributed by atoms with E-state index in [1.807, 2.05) is 6.92 Å². The third-order valence-electron chi connectivity index (χ3n) is 7.10. The van der Waals surface area contributed by atoms with Crippen molar-refractivity contribution in [2.45, 2.75) is 56.6 Å². The van der Waals surface area contributed by atoms with E-state index in [0.29, 0.717) is 18.8 Å². The summed E-state index contributed by atoms with van der Waals surface area (Å²) in [5.41, 5.74) is 1.58. The van der Waals surface area contributed by atoms with Gasteiger partial charge in [0.25, 0.3) is 0 Å². The Morgan fingerprint density at radius 3 is 2.56 bits per heavy atom. The van der Waals surface area contributed by atoms with Gasteiger partial charge in [-0.2, -0.15) is 4.31 Å². The van der Waals surface area contributed by atoms with Crippen LogP contribution in [0.2, 0.25) is 0 Å². The minimum Gasteiger partial charge on any atom is -0.487 e. The number of ether oxygens (including phenoxy) is 1. The van der Waals surface area contributed by atoms with E-state index in [4.69, 9.17) is 4.74 Å². The van der Waals surface area contributed by atoms with E-state index < -0.39 is 16.1 Å². The molecule has 2 heterocycles. The molecule has 1 aliphatic carbocycles. The van der Waals surface area contributed by atoms with Crippen LogP contribution in [0.4, 0.5) is 0 Å². The Hall–Kier alpha value is -2.07. The number of nitrogens with zero attached hydrogens (tertiary/aromatic N) is 4. The van der Waals surface area contributed by atoms with Crippen LogP contribution in [-0.4, -0.2) is 78.1 Å². The van der Waals surface area contributed by atoms with Crippen molar-refractivity contribution in [3.05, 3.63) is 36.9 Å². The minimum absolute atomic E-state index is 0.0633. The van der Waals surface area contributed by atoms with Gasteiger partial charge in [-0.3, -0.25) is 0 Å². The van der Waals surface area contributed by atoms with Gasteiger partial charge in [0.15, 0.2) is 0 Å². The van der Waals surface area contributed by atoms with Gasteiger partial charge >= 0.3 is 0 Å². The molecule has 0 spiro atoms. The van der Waals surface area contributed by atoms with Crippen LogP contribution in [0, 0.1) is 11.8 Å². The number of likely N-dealkylation sites (N-methyl/N-ethyl adjacent to an activating group) is 1. The van der Waals surface area contributed by atoms with Gasteiger partial charge in [0.05, 0.1) is 6.61 Å². The average Bonchev–Trinajstić information content (AvgIpc) is 3.34. The lowest BCUT2D eigenvalue weighted by atomic mass is 10.0. The van der Waals surface area contributed by atoms with E-state index in [9.17, 15) is 13.5 Å². The topological polar surface area (TPSA) is 95.9 Å². The van der Waals surface area contributed by atoms with Crippen molar-refractivity contribution in [1.82, 2.24) is 19.2 Å². The van der Waals surface area contributed by atoms with Crippen LogP contribution in [0.3, 0.4) is 0 Å². The highest BCUT2D eigenvalue weighted by Gasteiger charge is 2.38. The summed E-state index contributed by atoms with van der Waals surface area (Å²) in [7, 11) is -1.73. The second kappa shape index (κ2) is 10.7. The van der Waals surface area contributed by atoms with Gasteiger partial charge in [0.1, 0.15) is 23.1 Å². The highest BCUT2D eigenvalue weighted by atomic mass is 32.2. The van der Waals surface area contributed by atoms with Crippen LogP contribution < -0.4 is 4.74 Å². The number of aliphatic hydroxyl groups is 1. The molecule has 9 heteroatoms. The number of rotatable bonds is 7. The maximum Gasteiger partial charge on any atom is 0.247 e. The standard InChI is InChI=1S/C25H36N4O4S/c1-18-13-29(19(2)16-30)34(31,32)25-9-8-21(22-11-26-17-27-12-22)10-23(25)33-24(18)15-28(3)14-20-6-4-5-7-20/h8-12,17-20,24,30H,4-7,13-16H2,1-3H3/t18-,19-,24-/m1/s1. The molecular formula is C25H36N4O4S. The summed E-state index contributed by atoms with van der Waals surface area (Å²) in [6.45, 7) is 5.55. The van der Waals surface area contributed by atoms with Gasteiger partial charge in [-0.15, -0.1) is 0 Å². The number of fused-ring (bicyclic) bond motifs is 1. The lowest BCUT2D eigenvalue weighted by Gasteiger charge is -2.38. The quantitative estimate of drug-likeness (QED) is 0.640. The number of sulfonamides is 1. The van der Waals surface area contributed by atoms with Crippen molar-refractivity contribution in [2.24, 2.45) is 11.8 Å². The molecule has 0 amide bonds. The summed E-state index contributed by atoms with van der Waals surface area (Å²) in [4.78, 5) is 10.6. The van der Waals surface area contributed by atoms with E-state index in [0.717, 1.165) is 23.6 Å². The number of hydrogen-bond acceptors (Lipinski definition) is 7. The van der Waals surface area contributed by atoms with Gasteiger partial charge in [0.2, 0.25) is 10.0 Å². The van der Waals surface area contributed by atoms with Crippen molar-refractivity contribution in [1.29, 1.82) is 0 Å². The van der Waals surface area contributed by atoms with Gasteiger partial charge < -0.3 is 14.7 Å². The summed E-state index contributed by atoms with van der Waals surface area (Å²) < 4.78 is 35.2. The first-order valence-electron chi connectivity index (χ1n) is 12.2. The largest absolute Gasteiger partial charge is 0.487 e. The number of benzene rings is 1. The normalized spacial score (nSPS) is 24.3. The monoisotopic (exact) mass is 488 g/mol. The van der Waals surface area contributed by atoms with Crippen LogP contribution in [-0.2, 0) is 10.0 Å². The van der Waals surface area contributed by atoms with Crippen LogP contribution in [0.5, 0.6) is 5.75 Å². The average molecular weight is 489 g/mol. The van der Waals surface area contributed by atoms with Gasteiger partial charge in [-0.1, -0.05) is 25.8 Å². The Morgan fingerprint density at radius 1 is 1.18 bits per heavy atom. The predicted octanol–water partition coefficient (Wildman–Crippen LogP) is 3.03. The smallest absolute Gasteiger partial charge is 0.247 e. The fraction of sp³-hybridized carbons (Fsp3) is 0.600. The molecular weight excluding hydrogens is 452 g/mol. The molecule has 1 aromatic heterocycles. The van der Waals surface area contributed by atoms with Crippen LogP contribution in [0.1, 0.15) is 39.5 Å². The lowest BCUT2D eigenvalue weighted by molar-refractivity contribution is 0.0712. The molecule has 0 radical (unpaired) electrons. The van der Waals surface area contributed by atoms with Crippen molar-refractivity contribution < 1.29 is 18.3 Å². The van der Waals surface area contributed by atoms with Gasteiger partial charge in [-0.25, -0.2) is 18.4 Å². The first kappa shape index (κ1) is 25.0. The first-order valence-corrected chi connectivity index (χ1v) is 13.6. The van der Waals surface area contributed by atoms with Crippen molar-refractivity contribution >= 4 is 10.0 Å². The van der Waals surface area contributed by atoms with Crippen molar-refractivity contribution in [3.8, 4) is 16.9 Å².